The molecule has 5 nitrogen and oxygen atoms in total. The van der Waals surface area contributed by atoms with Crippen LogP contribution < -0.4 is 0 Å². The number of carboxylic acid groups (broad SMARTS) is 2. The van der Waals surface area contributed by atoms with Crippen LogP contribution in [0.3, 0.4) is 0 Å². The third kappa shape index (κ3) is 3.24. The van der Waals surface area contributed by atoms with Crippen LogP contribution in [0.5, 0.6) is 0 Å². The van der Waals surface area contributed by atoms with E-state index in [1.54, 1.807) is 14.1 Å². The molecule has 0 heterocycles. The van der Waals surface area contributed by atoms with Gasteiger partial charge in [-0.1, -0.05) is 0 Å². The molecule has 0 fully saturated rings. The topological polar surface area (TPSA) is 77.8 Å². The smallest absolute Gasteiger partial charge is 0.344 e. The molecule has 0 aliphatic rings. The van der Waals surface area contributed by atoms with Crippen LogP contribution in [0.2, 0.25) is 0 Å². The SMILES string of the molecule is CN(C)C=C(C(=O)O)C(=O)O. The zero-order chi connectivity index (χ0) is 9.02. The van der Waals surface area contributed by atoms with Crippen molar-refractivity contribution in [3.63, 3.8) is 0 Å². The maximum absolute atomic E-state index is 10.2. The van der Waals surface area contributed by atoms with E-state index in [1.807, 2.05) is 0 Å². The molecule has 0 saturated carbocycles. The van der Waals surface area contributed by atoms with Gasteiger partial charge < -0.3 is 15.1 Å². The lowest BCUT2D eigenvalue weighted by atomic mass is 10.3. The van der Waals surface area contributed by atoms with Gasteiger partial charge in [0.1, 0.15) is 0 Å². The summed E-state index contributed by atoms with van der Waals surface area (Å²) in [5, 5.41) is 16.6. The first-order valence-corrected chi connectivity index (χ1v) is 2.80. The minimum atomic E-state index is -1.44. The van der Waals surface area contributed by atoms with Gasteiger partial charge >= 0.3 is 11.9 Å². The molecule has 0 unspecified atom stereocenters. The van der Waals surface area contributed by atoms with Gasteiger partial charge in [0.05, 0.1) is 0 Å². The first-order chi connectivity index (χ1) is 4.95. The predicted molar refractivity (Wildman–Crippen MR) is 37.0 cm³/mol. The molecule has 62 valence electrons. The highest BCUT2D eigenvalue weighted by Gasteiger charge is 2.15. The highest BCUT2D eigenvalue weighted by Crippen LogP contribution is 1.95. The molecule has 0 spiro atoms. The van der Waals surface area contributed by atoms with Crippen molar-refractivity contribution in [3.8, 4) is 0 Å². The zero-order valence-electron chi connectivity index (χ0n) is 6.24. The van der Waals surface area contributed by atoms with E-state index in [9.17, 15) is 9.59 Å². The summed E-state index contributed by atoms with van der Waals surface area (Å²) in [7, 11) is 3.10. The second-order valence-electron chi connectivity index (χ2n) is 2.12. The van der Waals surface area contributed by atoms with E-state index in [1.165, 1.54) is 4.90 Å². The standard InChI is InChI=1S/C6H9NO4/c1-7(2)3-4(5(8)9)6(10)11/h3H,1-2H3,(H,8,9)(H,10,11). The van der Waals surface area contributed by atoms with Crippen LogP contribution >= 0.6 is 0 Å². The van der Waals surface area contributed by atoms with Gasteiger partial charge in [0.15, 0.2) is 5.57 Å². The van der Waals surface area contributed by atoms with Crippen molar-refractivity contribution in [3.05, 3.63) is 11.8 Å². The van der Waals surface area contributed by atoms with E-state index in [2.05, 4.69) is 0 Å². The van der Waals surface area contributed by atoms with Crippen molar-refractivity contribution in [2.24, 2.45) is 0 Å². The van der Waals surface area contributed by atoms with Crippen LogP contribution in [0.25, 0.3) is 0 Å². The fourth-order valence-electron chi connectivity index (χ4n) is 0.460. The first kappa shape index (κ1) is 9.48. The third-order valence-electron chi connectivity index (χ3n) is 0.848. The number of hydrogen-bond acceptors (Lipinski definition) is 3. The largest absolute Gasteiger partial charge is 0.477 e. The molecule has 0 aromatic heterocycles. The second-order valence-corrected chi connectivity index (χ2v) is 2.12. The third-order valence-corrected chi connectivity index (χ3v) is 0.848. The molecular weight excluding hydrogens is 150 g/mol. The molecule has 0 rings (SSSR count). The average Bonchev–Trinajstić information content (AvgIpc) is 1.81. The summed E-state index contributed by atoms with van der Waals surface area (Å²) < 4.78 is 0. The van der Waals surface area contributed by atoms with Crippen LogP contribution in [-0.2, 0) is 9.59 Å². The monoisotopic (exact) mass is 159 g/mol. The number of nitrogens with zero attached hydrogens (tertiary/aromatic N) is 1. The molecule has 0 aromatic carbocycles. The molecule has 11 heavy (non-hydrogen) atoms. The molecule has 2 N–H and O–H groups in total. The quantitative estimate of drug-likeness (QED) is 0.333. The Bertz CT molecular complexity index is 191. The van der Waals surface area contributed by atoms with Gasteiger partial charge in [-0.3, -0.25) is 0 Å². The van der Waals surface area contributed by atoms with Crippen LogP contribution in [0.4, 0.5) is 0 Å². The maximum atomic E-state index is 10.2. The van der Waals surface area contributed by atoms with Crippen molar-refractivity contribution in [1.29, 1.82) is 0 Å². The molecule has 0 amide bonds. The summed E-state index contributed by atoms with van der Waals surface area (Å²) in [6.45, 7) is 0. The van der Waals surface area contributed by atoms with Gasteiger partial charge in [0.2, 0.25) is 0 Å². The minimum absolute atomic E-state index is 0.644. The number of carbonyl (C=O) groups is 2. The van der Waals surface area contributed by atoms with E-state index >= 15 is 0 Å². The van der Waals surface area contributed by atoms with Crippen LogP contribution in [-0.4, -0.2) is 41.1 Å². The van der Waals surface area contributed by atoms with Crippen LogP contribution in [0, 0.1) is 0 Å². The lowest BCUT2D eigenvalue weighted by molar-refractivity contribution is -0.140. The van der Waals surface area contributed by atoms with Gasteiger partial charge in [0, 0.05) is 20.3 Å². The highest BCUT2D eigenvalue weighted by atomic mass is 16.4. The molecular formula is C6H9NO4. The Balaban J connectivity index is 4.60. The normalized spacial score (nSPS) is 8.55. The van der Waals surface area contributed by atoms with E-state index in [0.29, 0.717) is 0 Å². The molecule has 0 aromatic rings. The Morgan fingerprint density at radius 1 is 1.18 bits per heavy atom. The van der Waals surface area contributed by atoms with E-state index < -0.39 is 17.5 Å². The summed E-state index contributed by atoms with van der Waals surface area (Å²) in [4.78, 5) is 21.8. The fourth-order valence-corrected chi connectivity index (χ4v) is 0.460. The summed E-state index contributed by atoms with van der Waals surface area (Å²) >= 11 is 0. The van der Waals surface area contributed by atoms with Gasteiger partial charge in [-0.2, -0.15) is 0 Å². The predicted octanol–water partition coefficient (Wildman–Crippen LogP) is -0.399. The Hall–Kier alpha value is -1.52. The summed E-state index contributed by atoms with van der Waals surface area (Å²) in [6, 6.07) is 0. The number of rotatable bonds is 3. The van der Waals surface area contributed by atoms with Crippen LogP contribution in [0.15, 0.2) is 11.8 Å². The van der Waals surface area contributed by atoms with E-state index in [4.69, 9.17) is 10.2 Å². The summed E-state index contributed by atoms with van der Waals surface area (Å²) in [6.07, 6.45) is 1.03. The van der Waals surface area contributed by atoms with E-state index in [0.717, 1.165) is 6.20 Å². The summed E-state index contributed by atoms with van der Waals surface area (Å²) in [5.41, 5.74) is -0.644. The van der Waals surface area contributed by atoms with Crippen LogP contribution in [0.1, 0.15) is 0 Å². The van der Waals surface area contributed by atoms with Gasteiger partial charge in [-0.15, -0.1) is 0 Å². The number of hydrogen-bond donors (Lipinski definition) is 2. The van der Waals surface area contributed by atoms with E-state index in [-0.39, 0.29) is 0 Å². The minimum Gasteiger partial charge on any atom is -0.477 e. The molecule has 5 heteroatoms. The second kappa shape index (κ2) is 3.60. The average molecular weight is 159 g/mol. The van der Waals surface area contributed by atoms with Crippen molar-refractivity contribution < 1.29 is 19.8 Å². The molecule has 0 bridgehead atoms. The summed E-state index contributed by atoms with van der Waals surface area (Å²) in [5.74, 6) is -2.88. The molecule has 0 radical (unpaired) electrons. The Kier molecular flexibility index (Phi) is 3.10. The lowest BCUT2D eigenvalue weighted by Gasteiger charge is -2.04. The zero-order valence-corrected chi connectivity index (χ0v) is 6.24. The first-order valence-electron chi connectivity index (χ1n) is 2.80. The lowest BCUT2D eigenvalue weighted by Crippen LogP contribution is -2.15. The maximum Gasteiger partial charge on any atom is 0.344 e. The van der Waals surface area contributed by atoms with Crippen molar-refractivity contribution in [2.45, 2.75) is 0 Å². The highest BCUT2D eigenvalue weighted by molar-refractivity contribution is 6.12. The van der Waals surface area contributed by atoms with Gasteiger partial charge in [0.25, 0.3) is 0 Å². The Morgan fingerprint density at radius 3 is 1.64 bits per heavy atom. The Labute approximate surface area is 63.5 Å². The number of aliphatic carboxylic acids is 2. The van der Waals surface area contributed by atoms with Crippen molar-refractivity contribution in [2.75, 3.05) is 14.1 Å². The van der Waals surface area contributed by atoms with Gasteiger partial charge in [-0.05, 0) is 0 Å². The van der Waals surface area contributed by atoms with Crippen molar-refractivity contribution in [1.82, 2.24) is 4.90 Å². The Morgan fingerprint density at radius 2 is 1.55 bits per heavy atom. The molecule has 0 aliphatic carbocycles. The fraction of sp³-hybridized carbons (Fsp3) is 0.333. The molecule has 0 atom stereocenters. The van der Waals surface area contributed by atoms with Crippen molar-refractivity contribution >= 4 is 11.9 Å². The molecule has 0 aliphatic heterocycles. The number of carboxylic acids is 2. The molecule has 0 saturated heterocycles. The van der Waals surface area contributed by atoms with Gasteiger partial charge in [-0.25, -0.2) is 9.59 Å².